The Kier molecular flexibility index (Phi) is 3.17. The molecule has 4 N–H and O–H groups in total. The molecule has 88 valence electrons. The van der Waals surface area contributed by atoms with Crippen LogP contribution in [0.3, 0.4) is 0 Å². The van der Waals surface area contributed by atoms with Crippen LogP contribution in [0.1, 0.15) is 11.8 Å². The van der Waals surface area contributed by atoms with Crippen molar-refractivity contribution < 1.29 is 10.2 Å². The first-order valence-corrected chi connectivity index (χ1v) is 5.85. The predicted octanol–water partition coefficient (Wildman–Crippen LogP) is -0.817. The van der Waals surface area contributed by atoms with Gasteiger partial charge in [0.25, 0.3) is 0 Å². The van der Waals surface area contributed by atoms with Gasteiger partial charge >= 0.3 is 5.69 Å². The van der Waals surface area contributed by atoms with Crippen molar-refractivity contribution in [3.63, 3.8) is 0 Å². The summed E-state index contributed by atoms with van der Waals surface area (Å²) in [5, 5.41) is 18.2. The van der Waals surface area contributed by atoms with Crippen molar-refractivity contribution >= 4 is 17.6 Å². The zero-order chi connectivity index (χ0) is 11.7. The van der Waals surface area contributed by atoms with Gasteiger partial charge in [0, 0.05) is 12.6 Å². The molecule has 0 spiro atoms. The average Bonchev–Trinajstić information content (AvgIpc) is 2.59. The number of rotatable bonds is 2. The Morgan fingerprint density at radius 1 is 1.69 bits per heavy atom. The van der Waals surface area contributed by atoms with E-state index < -0.39 is 11.8 Å². The number of hydrogen-bond acceptors (Lipinski definition) is 6. The van der Waals surface area contributed by atoms with E-state index in [-0.39, 0.29) is 23.0 Å². The number of nitrogens with zero attached hydrogens (tertiary/aromatic N) is 2. The maximum atomic E-state index is 11.5. The van der Waals surface area contributed by atoms with E-state index in [1.54, 1.807) is 12.3 Å². The van der Waals surface area contributed by atoms with E-state index in [1.807, 2.05) is 0 Å². The van der Waals surface area contributed by atoms with Crippen molar-refractivity contribution in [2.75, 3.05) is 12.3 Å². The normalized spacial score (nSPS) is 29.5. The highest BCUT2D eigenvalue weighted by Gasteiger charge is 2.34. The Balaban J connectivity index is 2.23. The molecule has 16 heavy (non-hydrogen) atoms. The first kappa shape index (κ1) is 11.4. The van der Waals surface area contributed by atoms with Gasteiger partial charge in [-0.3, -0.25) is 4.57 Å². The number of aliphatic hydroxyl groups excluding tert-OH is 2. The molecule has 0 bridgehead atoms. The molecule has 1 aliphatic heterocycles. The second-order valence-corrected chi connectivity index (χ2v) is 5.08. The largest absolute Gasteiger partial charge is 0.395 e. The number of anilines is 1. The maximum absolute atomic E-state index is 11.5. The third-order valence-electron chi connectivity index (χ3n) is 2.55. The average molecular weight is 243 g/mol. The van der Waals surface area contributed by atoms with Crippen LogP contribution >= 0.6 is 11.8 Å². The molecule has 0 saturated carbocycles. The zero-order valence-corrected chi connectivity index (χ0v) is 9.30. The number of aromatic nitrogens is 2. The molecule has 1 aromatic heterocycles. The fraction of sp³-hybridized carbons (Fsp3) is 0.556. The lowest BCUT2D eigenvalue weighted by molar-refractivity contribution is 0.137. The Hall–Kier alpha value is -1.05. The third-order valence-corrected chi connectivity index (χ3v) is 4.09. The highest BCUT2D eigenvalue weighted by atomic mass is 32.2. The van der Waals surface area contributed by atoms with Crippen LogP contribution in [0, 0.1) is 0 Å². The molecule has 1 saturated heterocycles. The van der Waals surface area contributed by atoms with E-state index in [9.17, 15) is 9.90 Å². The molecular formula is C9H13N3O3S. The summed E-state index contributed by atoms with van der Waals surface area (Å²) in [6.45, 7) is -0.0977. The molecule has 6 nitrogen and oxygen atoms in total. The molecular weight excluding hydrogens is 230 g/mol. The summed E-state index contributed by atoms with van der Waals surface area (Å²) in [5.41, 5.74) is 4.96. The van der Waals surface area contributed by atoms with Crippen molar-refractivity contribution in [2.45, 2.75) is 23.1 Å². The number of aliphatic hydroxyl groups is 2. The number of hydrogen-bond donors (Lipinski definition) is 3. The van der Waals surface area contributed by atoms with Crippen LogP contribution in [0.15, 0.2) is 17.1 Å². The van der Waals surface area contributed by atoms with Gasteiger partial charge in [-0.2, -0.15) is 4.98 Å². The van der Waals surface area contributed by atoms with Crippen molar-refractivity contribution in [3.8, 4) is 0 Å². The summed E-state index contributed by atoms with van der Waals surface area (Å²) in [6.07, 6.45) is 1.40. The first-order valence-electron chi connectivity index (χ1n) is 4.91. The molecule has 0 radical (unpaired) electrons. The molecule has 2 rings (SSSR count). The fourth-order valence-electron chi connectivity index (χ4n) is 1.70. The van der Waals surface area contributed by atoms with E-state index in [4.69, 9.17) is 10.8 Å². The standard InChI is InChI=1S/C9H13N3O3S/c10-7-1-2-12(9(15)11-7)8-3-5(14)6(4-13)16-8/h1-2,5-6,8,13-14H,3-4H2,(H2,10,11,15)/t5-,6+,8?/m1/s1. The summed E-state index contributed by atoms with van der Waals surface area (Å²) in [5.74, 6) is 0.184. The molecule has 1 aliphatic rings. The zero-order valence-electron chi connectivity index (χ0n) is 8.48. The Morgan fingerprint density at radius 3 is 3.00 bits per heavy atom. The number of thioether (sulfide) groups is 1. The number of nitrogens with two attached hydrogens (primary N) is 1. The van der Waals surface area contributed by atoms with Crippen LogP contribution in [-0.2, 0) is 0 Å². The van der Waals surface area contributed by atoms with Crippen molar-refractivity contribution in [1.29, 1.82) is 0 Å². The molecule has 1 unspecified atom stereocenters. The topological polar surface area (TPSA) is 101 Å². The molecule has 2 heterocycles. The van der Waals surface area contributed by atoms with E-state index in [1.165, 1.54) is 16.3 Å². The van der Waals surface area contributed by atoms with E-state index in [2.05, 4.69) is 4.98 Å². The summed E-state index contributed by atoms with van der Waals surface area (Å²) >= 11 is 1.37. The maximum Gasteiger partial charge on any atom is 0.350 e. The van der Waals surface area contributed by atoms with Gasteiger partial charge in [-0.05, 0) is 6.07 Å². The Bertz CT molecular complexity index is 436. The van der Waals surface area contributed by atoms with Crippen molar-refractivity contribution in [2.24, 2.45) is 0 Å². The van der Waals surface area contributed by atoms with E-state index >= 15 is 0 Å². The van der Waals surface area contributed by atoms with E-state index in [0.717, 1.165) is 0 Å². The first-order chi connectivity index (χ1) is 7.61. The summed E-state index contributed by atoms with van der Waals surface area (Å²) in [6, 6.07) is 1.54. The van der Waals surface area contributed by atoms with Crippen LogP contribution in [-0.4, -0.2) is 37.7 Å². The SMILES string of the molecule is Nc1ccn(C2C[C@@H](O)[C@H](CO)S2)c(=O)n1. The van der Waals surface area contributed by atoms with E-state index in [0.29, 0.717) is 6.42 Å². The Morgan fingerprint density at radius 2 is 2.44 bits per heavy atom. The third kappa shape index (κ3) is 2.06. The minimum Gasteiger partial charge on any atom is -0.395 e. The van der Waals surface area contributed by atoms with Crippen LogP contribution in [0.5, 0.6) is 0 Å². The van der Waals surface area contributed by atoms with Gasteiger partial charge in [0.2, 0.25) is 0 Å². The van der Waals surface area contributed by atoms with Gasteiger partial charge in [-0.1, -0.05) is 0 Å². The van der Waals surface area contributed by atoms with Gasteiger partial charge < -0.3 is 15.9 Å². The van der Waals surface area contributed by atoms with Crippen LogP contribution < -0.4 is 11.4 Å². The van der Waals surface area contributed by atoms with Crippen LogP contribution in [0.2, 0.25) is 0 Å². The van der Waals surface area contributed by atoms with Gasteiger partial charge in [0.1, 0.15) is 5.82 Å². The molecule has 0 aromatic carbocycles. The Labute approximate surface area is 96.1 Å². The quantitative estimate of drug-likeness (QED) is 0.627. The molecule has 7 heteroatoms. The van der Waals surface area contributed by atoms with Gasteiger partial charge in [0.15, 0.2) is 0 Å². The van der Waals surface area contributed by atoms with Crippen molar-refractivity contribution in [1.82, 2.24) is 9.55 Å². The summed E-state index contributed by atoms with van der Waals surface area (Å²) < 4.78 is 1.43. The minimum absolute atomic E-state index is 0.0977. The highest BCUT2D eigenvalue weighted by Crippen LogP contribution is 2.40. The minimum atomic E-state index is -0.593. The smallest absolute Gasteiger partial charge is 0.350 e. The van der Waals surface area contributed by atoms with Crippen molar-refractivity contribution in [3.05, 3.63) is 22.7 Å². The second-order valence-electron chi connectivity index (χ2n) is 3.66. The summed E-state index contributed by atoms with van der Waals surface area (Å²) in [7, 11) is 0. The molecule has 1 aromatic rings. The fourth-order valence-corrected chi connectivity index (χ4v) is 3.08. The predicted molar refractivity (Wildman–Crippen MR) is 61.0 cm³/mol. The monoisotopic (exact) mass is 243 g/mol. The lowest BCUT2D eigenvalue weighted by Gasteiger charge is -2.12. The highest BCUT2D eigenvalue weighted by molar-refractivity contribution is 8.00. The van der Waals surface area contributed by atoms with Gasteiger partial charge in [-0.25, -0.2) is 4.79 Å². The van der Waals surface area contributed by atoms with Crippen LogP contribution in [0.25, 0.3) is 0 Å². The van der Waals surface area contributed by atoms with Gasteiger partial charge in [-0.15, -0.1) is 11.8 Å². The molecule has 3 atom stereocenters. The molecule has 0 amide bonds. The lowest BCUT2D eigenvalue weighted by Crippen LogP contribution is -2.25. The second kappa shape index (κ2) is 4.44. The van der Waals surface area contributed by atoms with Crippen LogP contribution in [0.4, 0.5) is 5.82 Å². The summed E-state index contributed by atoms with van der Waals surface area (Å²) in [4.78, 5) is 15.2. The molecule has 0 aliphatic carbocycles. The number of nitrogen functional groups attached to an aromatic ring is 1. The van der Waals surface area contributed by atoms with Gasteiger partial charge in [0.05, 0.1) is 23.3 Å². The lowest BCUT2D eigenvalue weighted by atomic mass is 10.2. The molecule has 1 fully saturated rings.